The van der Waals surface area contributed by atoms with Gasteiger partial charge in [0.15, 0.2) is 0 Å². The van der Waals surface area contributed by atoms with Crippen molar-refractivity contribution in [3.63, 3.8) is 0 Å². The van der Waals surface area contributed by atoms with Crippen LogP contribution >= 0.6 is 12.2 Å². The monoisotopic (exact) mass is 454 g/mol. The predicted octanol–water partition coefficient (Wildman–Crippen LogP) is 3.94. The predicted molar refractivity (Wildman–Crippen MR) is 120 cm³/mol. The van der Waals surface area contributed by atoms with E-state index in [-0.39, 0.29) is 35.0 Å². The molecule has 32 heavy (non-hydrogen) atoms. The fourth-order valence-corrected chi connectivity index (χ4v) is 3.80. The maximum Gasteiger partial charge on any atom is 0.332 e. The van der Waals surface area contributed by atoms with Crippen LogP contribution in [0.3, 0.4) is 0 Å². The molecule has 1 aliphatic heterocycles. The van der Waals surface area contributed by atoms with Gasteiger partial charge in [-0.25, -0.2) is 4.79 Å². The Morgan fingerprint density at radius 1 is 0.812 bits per heavy atom. The molecule has 0 unspecified atom stereocenters. The van der Waals surface area contributed by atoms with Crippen molar-refractivity contribution in [3.8, 4) is 0 Å². The Morgan fingerprint density at radius 3 is 1.56 bits per heavy atom. The first kappa shape index (κ1) is 22.7. The number of hydrogen-bond acceptors (Lipinski definition) is 7. The molecule has 1 fully saturated rings. The smallest absolute Gasteiger partial charge is 0.284 e. The zero-order valence-electron chi connectivity index (χ0n) is 17.2. The number of carbonyl (C=O) groups is 2. The minimum Gasteiger partial charge on any atom is -0.284 e. The van der Waals surface area contributed by atoms with E-state index in [4.69, 9.17) is 12.2 Å². The normalized spacial score (nSPS) is 14.1. The van der Waals surface area contributed by atoms with E-state index in [2.05, 4.69) is 0 Å². The lowest BCUT2D eigenvalue weighted by atomic mass is 9.90. The topological polar surface area (TPSA) is 127 Å². The second kappa shape index (κ2) is 9.02. The standard InChI is InChI=1S/C21H18N4O6S/c1-3-22-19(26)18(20(32)23(4-2)21(22)27)17(13-5-9-15(10-6-13)24(28)29)14-7-11-16(12-8-14)25(30)31/h5-12H,3-4H2,1-2H3. The van der Waals surface area contributed by atoms with Crippen LogP contribution in [0.15, 0.2) is 54.1 Å². The minimum atomic E-state index is -0.598. The highest BCUT2D eigenvalue weighted by atomic mass is 32.1. The molecule has 1 saturated heterocycles. The molecule has 0 radical (unpaired) electrons. The van der Waals surface area contributed by atoms with E-state index in [9.17, 15) is 29.8 Å². The van der Waals surface area contributed by atoms with Gasteiger partial charge in [0.25, 0.3) is 17.3 Å². The summed E-state index contributed by atoms with van der Waals surface area (Å²) < 4.78 is 0. The highest BCUT2D eigenvalue weighted by molar-refractivity contribution is 7.81. The fourth-order valence-electron chi connectivity index (χ4n) is 3.41. The summed E-state index contributed by atoms with van der Waals surface area (Å²) in [5, 5.41) is 22.1. The molecule has 0 N–H and O–H groups in total. The van der Waals surface area contributed by atoms with E-state index in [1.54, 1.807) is 13.8 Å². The van der Waals surface area contributed by atoms with Crippen molar-refractivity contribution in [3.05, 3.63) is 85.5 Å². The van der Waals surface area contributed by atoms with E-state index in [1.165, 1.54) is 53.4 Å². The molecule has 10 nitrogen and oxygen atoms in total. The van der Waals surface area contributed by atoms with Crippen LogP contribution in [-0.2, 0) is 4.79 Å². The van der Waals surface area contributed by atoms with Gasteiger partial charge in [0.2, 0.25) is 0 Å². The zero-order valence-corrected chi connectivity index (χ0v) is 18.0. The van der Waals surface area contributed by atoms with Crippen LogP contribution in [-0.4, -0.2) is 49.7 Å². The summed E-state index contributed by atoms with van der Waals surface area (Å²) in [7, 11) is 0. The molecule has 0 saturated carbocycles. The van der Waals surface area contributed by atoms with Crippen molar-refractivity contribution in [2.24, 2.45) is 0 Å². The molecular weight excluding hydrogens is 436 g/mol. The first-order chi connectivity index (χ1) is 15.2. The molecule has 164 valence electrons. The molecule has 0 aromatic heterocycles. The molecule has 3 rings (SSSR count). The van der Waals surface area contributed by atoms with Gasteiger partial charge >= 0.3 is 6.03 Å². The van der Waals surface area contributed by atoms with Crippen LogP contribution in [0.1, 0.15) is 25.0 Å². The van der Waals surface area contributed by atoms with Gasteiger partial charge in [-0.2, -0.15) is 0 Å². The number of urea groups is 1. The van der Waals surface area contributed by atoms with E-state index in [1.807, 2.05) is 0 Å². The lowest BCUT2D eigenvalue weighted by Gasteiger charge is -2.36. The third-order valence-corrected chi connectivity index (χ3v) is 5.42. The van der Waals surface area contributed by atoms with Gasteiger partial charge < -0.3 is 0 Å². The van der Waals surface area contributed by atoms with Crippen molar-refractivity contribution in [1.82, 2.24) is 9.80 Å². The van der Waals surface area contributed by atoms with Crippen molar-refractivity contribution in [2.75, 3.05) is 13.1 Å². The second-order valence-corrected chi connectivity index (χ2v) is 7.13. The highest BCUT2D eigenvalue weighted by Gasteiger charge is 2.40. The van der Waals surface area contributed by atoms with Crippen LogP contribution in [0.25, 0.3) is 5.57 Å². The average Bonchev–Trinajstić information content (AvgIpc) is 2.77. The molecule has 0 spiro atoms. The van der Waals surface area contributed by atoms with Crippen LogP contribution in [0.5, 0.6) is 0 Å². The first-order valence-electron chi connectivity index (χ1n) is 9.62. The number of non-ortho nitro benzene ring substituents is 2. The number of thiocarbonyl (C=S) groups is 1. The average molecular weight is 454 g/mol. The summed E-state index contributed by atoms with van der Waals surface area (Å²) in [4.78, 5) is 49.4. The van der Waals surface area contributed by atoms with Gasteiger partial charge in [-0.1, -0.05) is 12.2 Å². The van der Waals surface area contributed by atoms with Gasteiger partial charge in [0.1, 0.15) is 4.99 Å². The summed E-state index contributed by atoms with van der Waals surface area (Å²) >= 11 is 5.50. The Morgan fingerprint density at radius 2 is 1.22 bits per heavy atom. The summed E-state index contributed by atoms with van der Waals surface area (Å²) in [6, 6.07) is 10.5. The van der Waals surface area contributed by atoms with Crippen molar-refractivity contribution < 1.29 is 19.4 Å². The Bertz CT molecular complexity index is 1070. The highest BCUT2D eigenvalue weighted by Crippen LogP contribution is 2.34. The number of nitro benzene ring substituents is 2. The van der Waals surface area contributed by atoms with Crippen LogP contribution in [0.4, 0.5) is 16.2 Å². The number of imide groups is 1. The van der Waals surface area contributed by atoms with Crippen molar-refractivity contribution in [2.45, 2.75) is 13.8 Å². The first-order valence-corrected chi connectivity index (χ1v) is 10.0. The van der Waals surface area contributed by atoms with Crippen LogP contribution in [0.2, 0.25) is 0 Å². The van der Waals surface area contributed by atoms with Crippen molar-refractivity contribution in [1.29, 1.82) is 0 Å². The fraction of sp³-hybridized carbons (Fsp3) is 0.190. The van der Waals surface area contributed by atoms with Crippen molar-refractivity contribution >= 4 is 46.1 Å². The van der Waals surface area contributed by atoms with E-state index < -0.39 is 21.8 Å². The van der Waals surface area contributed by atoms with Gasteiger partial charge in [-0.05, 0) is 49.2 Å². The minimum absolute atomic E-state index is 0.0268. The molecule has 0 aliphatic carbocycles. The SMILES string of the molecule is CCN1C(=O)C(=C(c2ccc([N+](=O)[O-])cc2)c2ccc([N+](=O)[O-])cc2)C(=S)N(CC)C1=O. The number of nitrogens with zero attached hydrogens (tertiary/aromatic N) is 4. The Kier molecular flexibility index (Phi) is 6.40. The number of rotatable bonds is 6. The Labute approximate surface area is 188 Å². The summed E-state index contributed by atoms with van der Waals surface area (Å²) in [6.45, 7) is 3.74. The summed E-state index contributed by atoms with van der Waals surface area (Å²) in [5.74, 6) is -0.598. The number of benzene rings is 2. The molecule has 1 heterocycles. The maximum atomic E-state index is 13.3. The van der Waals surface area contributed by atoms with E-state index in [0.29, 0.717) is 16.7 Å². The Hall–Kier alpha value is -3.99. The third kappa shape index (κ3) is 3.97. The molecule has 0 bridgehead atoms. The molecule has 1 aliphatic rings. The lowest BCUT2D eigenvalue weighted by Crippen LogP contribution is -2.55. The summed E-state index contributed by atoms with van der Waals surface area (Å²) in [5.41, 5.74) is 1.01. The lowest BCUT2D eigenvalue weighted by molar-refractivity contribution is -0.385. The van der Waals surface area contributed by atoms with Gasteiger partial charge in [0, 0.05) is 42.9 Å². The molecule has 3 amide bonds. The third-order valence-electron chi connectivity index (χ3n) is 5.00. The molecule has 0 atom stereocenters. The Balaban J connectivity index is 2.31. The number of likely N-dealkylation sites (N-methyl/N-ethyl adjacent to an activating group) is 2. The molecule has 2 aromatic carbocycles. The van der Waals surface area contributed by atoms with Gasteiger partial charge in [0.05, 0.1) is 15.4 Å². The second-order valence-electron chi connectivity index (χ2n) is 6.74. The zero-order chi connectivity index (χ0) is 23.6. The van der Waals surface area contributed by atoms with Gasteiger partial charge in [-0.15, -0.1) is 0 Å². The quantitative estimate of drug-likeness (QED) is 0.280. The molecule has 11 heteroatoms. The number of carbonyl (C=O) groups excluding carboxylic acids is 2. The van der Waals surface area contributed by atoms with Crippen LogP contribution in [0, 0.1) is 20.2 Å². The molecule has 2 aromatic rings. The van der Waals surface area contributed by atoms with Gasteiger partial charge in [-0.3, -0.25) is 34.8 Å². The van der Waals surface area contributed by atoms with Crippen LogP contribution < -0.4 is 0 Å². The maximum absolute atomic E-state index is 13.3. The number of nitro groups is 2. The number of amides is 3. The summed E-state index contributed by atoms with van der Waals surface area (Å²) in [6.07, 6.45) is 0. The van der Waals surface area contributed by atoms with E-state index >= 15 is 0 Å². The largest absolute Gasteiger partial charge is 0.332 e. The molecular formula is C21H18N4O6S. The number of hydrogen-bond donors (Lipinski definition) is 0. The van der Waals surface area contributed by atoms with E-state index in [0.717, 1.165) is 4.90 Å².